The molecule has 2 rings (SSSR count). The van der Waals surface area contributed by atoms with Crippen LogP contribution in [0.15, 0.2) is 30.3 Å². The maximum absolute atomic E-state index is 9.56. The average Bonchev–Trinajstić information content (AvgIpc) is 2.63. The minimum atomic E-state index is 0.386. The Kier molecular flexibility index (Phi) is 12.4. The van der Waals surface area contributed by atoms with E-state index in [0.29, 0.717) is 21.8 Å². The lowest BCUT2D eigenvalue weighted by atomic mass is 9.99. The maximum atomic E-state index is 9.56. The highest BCUT2D eigenvalue weighted by atomic mass is 35.5. The van der Waals surface area contributed by atoms with Gasteiger partial charge in [-0.2, -0.15) is 0 Å². The van der Waals surface area contributed by atoms with Crippen molar-refractivity contribution in [1.82, 2.24) is 21.2 Å². The molecule has 8 heteroatoms. The number of thiocarbonyl (C=S) groups is 1. The third-order valence-electron chi connectivity index (χ3n) is 2.94. The Bertz CT molecular complexity index is 706. The van der Waals surface area contributed by atoms with Crippen molar-refractivity contribution in [2.45, 2.75) is 27.7 Å². The summed E-state index contributed by atoms with van der Waals surface area (Å²) in [7, 11) is 1.65. The molecule has 0 fully saturated rings. The van der Waals surface area contributed by atoms with Crippen LogP contribution in [0.5, 0.6) is 0 Å². The first kappa shape index (κ1) is 24.1. The van der Waals surface area contributed by atoms with Crippen molar-refractivity contribution in [3.05, 3.63) is 51.8 Å². The molecule has 0 atom stereocenters. The zero-order valence-corrected chi connectivity index (χ0v) is 17.8. The number of halogens is 2. The Morgan fingerprint density at radius 3 is 2.19 bits per heavy atom. The van der Waals surface area contributed by atoms with Gasteiger partial charge in [0.25, 0.3) is 0 Å². The predicted molar refractivity (Wildman–Crippen MR) is 115 cm³/mol. The van der Waals surface area contributed by atoms with Gasteiger partial charge in [-0.3, -0.25) is 15.6 Å². The Morgan fingerprint density at radius 2 is 1.69 bits per heavy atom. The summed E-state index contributed by atoms with van der Waals surface area (Å²) in [5.74, 6) is 0. The van der Waals surface area contributed by atoms with Crippen LogP contribution in [-0.4, -0.2) is 23.6 Å². The van der Waals surface area contributed by atoms with Crippen LogP contribution in [0.3, 0.4) is 0 Å². The molecule has 1 heterocycles. The molecule has 0 radical (unpaired) electrons. The van der Waals surface area contributed by atoms with Crippen LogP contribution in [0.25, 0.3) is 11.1 Å². The zero-order valence-electron chi connectivity index (χ0n) is 15.5. The first-order chi connectivity index (χ1) is 12.4. The average molecular weight is 415 g/mol. The molecule has 142 valence electrons. The van der Waals surface area contributed by atoms with Crippen molar-refractivity contribution in [3.8, 4) is 11.1 Å². The minimum Gasteiger partial charge on any atom is -0.364 e. The highest BCUT2D eigenvalue weighted by molar-refractivity contribution is 7.80. The van der Waals surface area contributed by atoms with E-state index in [-0.39, 0.29) is 0 Å². The molecular weight excluding hydrogens is 391 g/mol. The van der Waals surface area contributed by atoms with E-state index < -0.39 is 0 Å². The van der Waals surface area contributed by atoms with Crippen LogP contribution in [0.4, 0.5) is 0 Å². The molecule has 0 spiro atoms. The zero-order chi connectivity index (χ0) is 20.1. The number of hydrazine groups is 1. The number of carbonyl (C=O) groups is 1. The van der Waals surface area contributed by atoms with E-state index in [0.717, 1.165) is 11.1 Å². The lowest BCUT2D eigenvalue weighted by Gasteiger charge is -2.08. The molecule has 0 saturated heterocycles. The van der Waals surface area contributed by atoms with Crippen molar-refractivity contribution in [3.63, 3.8) is 0 Å². The number of rotatable bonds is 3. The van der Waals surface area contributed by atoms with Gasteiger partial charge in [0.2, 0.25) is 6.41 Å². The van der Waals surface area contributed by atoms with Gasteiger partial charge in [0.1, 0.15) is 10.3 Å². The molecule has 26 heavy (non-hydrogen) atoms. The second-order valence-electron chi connectivity index (χ2n) is 4.79. The highest BCUT2D eigenvalue weighted by Crippen LogP contribution is 2.28. The lowest BCUT2D eigenvalue weighted by Crippen LogP contribution is -2.41. The molecule has 0 saturated carbocycles. The number of aryl methyl sites for hydroxylation is 2. The lowest BCUT2D eigenvalue weighted by molar-refractivity contribution is -0.110. The largest absolute Gasteiger partial charge is 0.364 e. The third kappa shape index (κ3) is 8.99. The number of carbonyl (C=O) groups excluding carboxylic acids is 1. The van der Waals surface area contributed by atoms with Crippen molar-refractivity contribution >= 4 is 46.9 Å². The molecule has 0 bridgehead atoms. The summed E-state index contributed by atoms with van der Waals surface area (Å²) in [6.45, 7) is 8.13. The molecule has 0 unspecified atom stereocenters. The van der Waals surface area contributed by atoms with Gasteiger partial charge in [-0.25, -0.2) is 4.98 Å². The van der Waals surface area contributed by atoms with Gasteiger partial charge < -0.3 is 5.32 Å². The van der Waals surface area contributed by atoms with Crippen LogP contribution in [-0.2, 0) is 4.79 Å². The van der Waals surface area contributed by atoms with E-state index in [1.165, 1.54) is 11.1 Å². The molecule has 0 aliphatic rings. The molecular formula is C18H24Cl2N4OS. The number of nitrogens with zero attached hydrogens (tertiary/aromatic N) is 1. The summed E-state index contributed by atoms with van der Waals surface area (Å²) in [4.78, 5) is 13.5. The van der Waals surface area contributed by atoms with Crippen LogP contribution in [0, 0.1) is 13.8 Å². The first-order valence-electron chi connectivity index (χ1n) is 7.95. The quantitative estimate of drug-likeness (QED) is 0.299. The molecule has 0 aliphatic heterocycles. The number of benzene rings is 1. The summed E-state index contributed by atoms with van der Waals surface area (Å²) >= 11 is 16.4. The Morgan fingerprint density at radius 1 is 1.12 bits per heavy atom. The maximum Gasteiger partial charge on any atom is 0.225 e. The van der Waals surface area contributed by atoms with Crippen molar-refractivity contribution in [1.29, 1.82) is 0 Å². The van der Waals surface area contributed by atoms with E-state index >= 15 is 0 Å². The molecule has 5 nitrogen and oxygen atoms in total. The van der Waals surface area contributed by atoms with Gasteiger partial charge in [0.05, 0.1) is 0 Å². The topological polar surface area (TPSA) is 66.0 Å². The van der Waals surface area contributed by atoms with E-state index in [4.69, 9.17) is 23.2 Å². The SMILES string of the molecule is CC.CNC(=S)NNC=O.Cc1ccc(C)c(-c2cc(Cl)nc(Cl)c2)c1. The van der Waals surface area contributed by atoms with Gasteiger partial charge in [-0.05, 0) is 54.9 Å². The fraction of sp³-hybridized carbons (Fsp3) is 0.278. The molecule has 2 aromatic rings. The molecule has 3 N–H and O–H groups in total. The smallest absolute Gasteiger partial charge is 0.225 e. The van der Waals surface area contributed by atoms with Crippen LogP contribution >= 0.6 is 35.4 Å². The fourth-order valence-electron chi connectivity index (χ4n) is 1.82. The predicted octanol–water partition coefficient (Wildman–Crippen LogP) is 4.44. The summed E-state index contributed by atoms with van der Waals surface area (Å²) in [5.41, 5.74) is 9.11. The van der Waals surface area contributed by atoms with Crippen LogP contribution < -0.4 is 16.2 Å². The molecule has 1 aromatic heterocycles. The number of hydrogen-bond acceptors (Lipinski definition) is 3. The highest BCUT2D eigenvalue weighted by Gasteiger charge is 2.05. The number of hydrogen-bond donors (Lipinski definition) is 3. The number of amides is 1. The van der Waals surface area contributed by atoms with Gasteiger partial charge in [-0.1, -0.05) is 60.8 Å². The summed E-state index contributed by atoms with van der Waals surface area (Å²) in [5, 5.41) is 3.82. The molecule has 1 amide bonds. The summed E-state index contributed by atoms with van der Waals surface area (Å²) < 4.78 is 0. The minimum absolute atomic E-state index is 0.386. The van der Waals surface area contributed by atoms with Crippen molar-refractivity contribution in [2.24, 2.45) is 0 Å². The number of aromatic nitrogens is 1. The Hall–Kier alpha value is -1.89. The van der Waals surface area contributed by atoms with Crippen molar-refractivity contribution in [2.75, 3.05) is 7.05 Å². The second-order valence-corrected chi connectivity index (χ2v) is 5.97. The summed E-state index contributed by atoms with van der Waals surface area (Å²) in [6, 6.07) is 9.96. The number of pyridine rings is 1. The Balaban J connectivity index is 0.000000533. The third-order valence-corrected chi connectivity index (χ3v) is 3.63. The molecule has 1 aromatic carbocycles. The first-order valence-corrected chi connectivity index (χ1v) is 9.11. The summed E-state index contributed by atoms with van der Waals surface area (Å²) in [6.07, 6.45) is 0.504. The van der Waals surface area contributed by atoms with Gasteiger partial charge in [0.15, 0.2) is 5.11 Å². The normalized spacial score (nSPS) is 8.88. The second kappa shape index (κ2) is 13.3. The standard InChI is InChI=1S/C13H11Cl2N.C3H7N3OS.C2H6/c1-8-3-4-9(2)11(5-8)10-6-12(14)16-13(15)7-10;1-4-3(8)6-5-2-7;1-2/h3-7H,1-2H3;2H,1H3,(H,5,7)(H2,4,6,8);1-2H3. The van der Waals surface area contributed by atoms with Gasteiger partial charge in [-0.15, -0.1) is 0 Å². The van der Waals surface area contributed by atoms with Crippen LogP contribution in [0.1, 0.15) is 25.0 Å². The van der Waals surface area contributed by atoms with E-state index in [9.17, 15) is 4.79 Å². The monoisotopic (exact) mass is 414 g/mol. The van der Waals surface area contributed by atoms with E-state index in [2.05, 4.69) is 65.4 Å². The van der Waals surface area contributed by atoms with Gasteiger partial charge in [0, 0.05) is 7.05 Å². The number of nitrogens with one attached hydrogen (secondary N) is 3. The Labute approximate surface area is 170 Å². The van der Waals surface area contributed by atoms with E-state index in [1.54, 1.807) is 7.05 Å². The fourth-order valence-corrected chi connectivity index (χ4v) is 2.34. The molecule has 0 aliphatic carbocycles. The van der Waals surface area contributed by atoms with Gasteiger partial charge >= 0.3 is 0 Å². The van der Waals surface area contributed by atoms with E-state index in [1.807, 2.05) is 26.0 Å². The van der Waals surface area contributed by atoms with Crippen LogP contribution in [0.2, 0.25) is 10.3 Å². The van der Waals surface area contributed by atoms with Crippen molar-refractivity contribution < 1.29 is 4.79 Å².